The Morgan fingerprint density at radius 2 is 1.73 bits per heavy atom. The summed E-state index contributed by atoms with van der Waals surface area (Å²) >= 11 is 3.11. The molecule has 1 aliphatic heterocycles. The van der Waals surface area contributed by atoms with Gasteiger partial charge in [0.2, 0.25) is 0 Å². The highest BCUT2D eigenvalue weighted by atomic mass is 79.9. The maximum absolute atomic E-state index is 12.6. The van der Waals surface area contributed by atoms with Crippen molar-refractivity contribution >= 4 is 23.5 Å². The van der Waals surface area contributed by atoms with Crippen molar-refractivity contribution in [1.29, 1.82) is 0 Å². The summed E-state index contributed by atoms with van der Waals surface area (Å²) in [6.07, 6.45) is -5.21. The molecule has 0 saturated carbocycles. The van der Waals surface area contributed by atoms with Crippen molar-refractivity contribution in [1.82, 2.24) is 0 Å². The van der Waals surface area contributed by atoms with Gasteiger partial charge in [-0.25, -0.2) is 0 Å². The van der Waals surface area contributed by atoms with Crippen LogP contribution in [0.3, 0.4) is 0 Å². The molecule has 0 aromatic heterocycles. The van der Waals surface area contributed by atoms with E-state index < -0.39 is 38.3 Å². The molecule has 5 atom stereocenters. The fraction of sp³-hybridized carbons (Fsp3) is 0.833. The number of halogens is 1. The van der Waals surface area contributed by atoms with Gasteiger partial charge in [-0.2, -0.15) is 0 Å². The standard InChI is InChI=1S/C12H22BrO8P/c1-4-19-22(17,20-5-2)8(13)6-7-9(14)10(15)11(16)12(18-3)21-7/h6-7,9-12,14-16H,4-5H2,1-3H3/b8-6+/t7-,9-,10+,11-,12+/m1/s1. The molecule has 1 saturated heterocycles. The Morgan fingerprint density at radius 3 is 2.18 bits per heavy atom. The molecule has 0 bridgehead atoms. The lowest BCUT2D eigenvalue weighted by molar-refractivity contribution is -0.279. The van der Waals surface area contributed by atoms with Crippen molar-refractivity contribution in [2.45, 2.75) is 44.6 Å². The molecule has 3 N–H and O–H groups in total. The van der Waals surface area contributed by atoms with E-state index in [1.807, 2.05) is 0 Å². The molecular weight excluding hydrogens is 383 g/mol. The molecule has 22 heavy (non-hydrogen) atoms. The summed E-state index contributed by atoms with van der Waals surface area (Å²) in [5.74, 6) is 0. The van der Waals surface area contributed by atoms with E-state index >= 15 is 0 Å². The van der Waals surface area contributed by atoms with Crippen LogP contribution in [-0.2, 0) is 23.1 Å². The number of hydrogen-bond acceptors (Lipinski definition) is 8. The van der Waals surface area contributed by atoms with E-state index in [1.54, 1.807) is 13.8 Å². The van der Waals surface area contributed by atoms with Crippen molar-refractivity contribution in [2.75, 3.05) is 20.3 Å². The molecule has 130 valence electrons. The Labute approximate surface area is 137 Å². The molecule has 0 aliphatic carbocycles. The van der Waals surface area contributed by atoms with Gasteiger partial charge in [0.15, 0.2) is 6.29 Å². The maximum atomic E-state index is 12.6. The van der Waals surface area contributed by atoms with Crippen LogP contribution < -0.4 is 0 Å². The van der Waals surface area contributed by atoms with Gasteiger partial charge in [-0.05, 0) is 35.9 Å². The summed E-state index contributed by atoms with van der Waals surface area (Å²) < 4.78 is 33.1. The van der Waals surface area contributed by atoms with Crippen molar-refractivity contribution in [2.24, 2.45) is 0 Å². The lowest BCUT2D eigenvalue weighted by Crippen LogP contribution is -2.57. The molecule has 0 aromatic rings. The predicted molar refractivity (Wildman–Crippen MR) is 81.6 cm³/mol. The largest absolute Gasteiger partial charge is 0.387 e. The SMILES string of the molecule is CCOP(=O)(OCC)/C(Br)=C/[C@H]1O[C@H](OC)[C@H](O)[C@@H](O)[C@@H]1O. The van der Waals surface area contributed by atoms with Crippen molar-refractivity contribution in [3.05, 3.63) is 10.3 Å². The average Bonchev–Trinajstić information content (AvgIpc) is 2.48. The van der Waals surface area contributed by atoms with E-state index in [4.69, 9.17) is 18.5 Å². The quantitative estimate of drug-likeness (QED) is 0.537. The summed E-state index contributed by atoms with van der Waals surface area (Å²) in [5.41, 5.74) is 0. The smallest absolute Gasteiger partial charge is 0.367 e. The molecule has 0 unspecified atom stereocenters. The van der Waals surface area contributed by atoms with Gasteiger partial charge in [-0.1, -0.05) is 0 Å². The van der Waals surface area contributed by atoms with Crippen molar-refractivity contribution in [3.63, 3.8) is 0 Å². The van der Waals surface area contributed by atoms with Crippen molar-refractivity contribution in [3.8, 4) is 0 Å². The van der Waals surface area contributed by atoms with Crippen LogP contribution in [0.2, 0.25) is 0 Å². The highest BCUT2D eigenvalue weighted by Crippen LogP contribution is 2.59. The second-order valence-corrected chi connectivity index (χ2v) is 7.96. The minimum absolute atomic E-state index is 0.0613. The first kappa shape index (κ1) is 20.2. The minimum atomic E-state index is -3.57. The first-order chi connectivity index (χ1) is 10.3. The van der Waals surface area contributed by atoms with E-state index in [9.17, 15) is 19.9 Å². The van der Waals surface area contributed by atoms with Crippen LogP contribution in [-0.4, -0.2) is 66.3 Å². The third-order valence-electron chi connectivity index (χ3n) is 3.00. The fourth-order valence-corrected chi connectivity index (χ4v) is 4.14. The molecular formula is C12H22BrO8P. The van der Waals surface area contributed by atoms with Gasteiger partial charge in [0.25, 0.3) is 0 Å². The summed E-state index contributed by atoms with van der Waals surface area (Å²) in [7, 11) is -2.27. The minimum Gasteiger partial charge on any atom is -0.387 e. The van der Waals surface area contributed by atoms with Crippen LogP contribution in [0.1, 0.15) is 13.8 Å². The summed E-state index contributed by atoms with van der Waals surface area (Å²) in [5, 5.41) is 29.5. The number of aliphatic hydroxyl groups is 3. The lowest BCUT2D eigenvalue weighted by Gasteiger charge is -2.38. The van der Waals surface area contributed by atoms with Gasteiger partial charge in [-0.3, -0.25) is 4.57 Å². The first-order valence-electron chi connectivity index (χ1n) is 6.80. The molecule has 1 fully saturated rings. The van der Waals surface area contributed by atoms with Crippen molar-refractivity contribution < 1.29 is 38.4 Å². The number of ether oxygens (including phenoxy) is 2. The highest BCUT2D eigenvalue weighted by Gasteiger charge is 2.44. The number of aliphatic hydroxyl groups excluding tert-OH is 3. The third kappa shape index (κ3) is 4.59. The first-order valence-corrected chi connectivity index (χ1v) is 9.13. The topological polar surface area (TPSA) is 115 Å². The molecule has 1 heterocycles. The summed E-state index contributed by atoms with van der Waals surface area (Å²) in [6.45, 7) is 3.66. The zero-order valence-corrected chi connectivity index (χ0v) is 15.1. The predicted octanol–water partition coefficient (Wildman–Crippen LogP) is 0.943. The van der Waals surface area contributed by atoms with Gasteiger partial charge >= 0.3 is 7.60 Å². The van der Waals surface area contributed by atoms with Gasteiger partial charge in [0, 0.05) is 7.11 Å². The van der Waals surface area contributed by atoms with Crippen LogP contribution in [0.15, 0.2) is 10.3 Å². The van der Waals surface area contributed by atoms with E-state index in [1.165, 1.54) is 13.2 Å². The lowest BCUT2D eigenvalue weighted by atomic mass is 9.99. The third-order valence-corrected chi connectivity index (χ3v) is 6.44. The van der Waals surface area contributed by atoms with Crippen LogP contribution in [0.5, 0.6) is 0 Å². The molecule has 0 amide bonds. The zero-order chi connectivity index (χ0) is 16.9. The van der Waals surface area contributed by atoms with E-state index in [2.05, 4.69) is 15.9 Å². The number of methoxy groups -OCH3 is 1. The van der Waals surface area contributed by atoms with Crippen LogP contribution in [0.25, 0.3) is 0 Å². The average molecular weight is 405 g/mol. The molecule has 0 spiro atoms. The molecule has 1 aliphatic rings. The second-order valence-electron chi connectivity index (χ2n) is 4.50. The zero-order valence-electron chi connectivity index (χ0n) is 12.6. The van der Waals surface area contributed by atoms with Gasteiger partial charge < -0.3 is 33.8 Å². The Hall–Kier alpha value is 0.170. The van der Waals surface area contributed by atoms with Gasteiger partial charge in [-0.15, -0.1) is 0 Å². The second kappa shape index (κ2) is 8.86. The Bertz CT molecular complexity index is 419. The number of hydrogen-bond donors (Lipinski definition) is 3. The van der Waals surface area contributed by atoms with E-state index in [0.29, 0.717) is 0 Å². The Kier molecular flexibility index (Phi) is 8.15. The maximum Gasteiger partial charge on any atom is 0.367 e. The van der Waals surface area contributed by atoms with E-state index in [0.717, 1.165) is 0 Å². The fourth-order valence-electron chi connectivity index (χ4n) is 1.93. The normalized spacial score (nSPS) is 34.0. The number of rotatable bonds is 7. The van der Waals surface area contributed by atoms with Crippen LogP contribution in [0, 0.1) is 0 Å². The monoisotopic (exact) mass is 404 g/mol. The van der Waals surface area contributed by atoms with E-state index in [-0.39, 0.29) is 17.4 Å². The van der Waals surface area contributed by atoms with Crippen LogP contribution >= 0.6 is 23.5 Å². The Balaban J connectivity index is 2.99. The summed E-state index contributed by atoms with van der Waals surface area (Å²) in [6, 6.07) is 0. The van der Waals surface area contributed by atoms with Gasteiger partial charge in [0.1, 0.15) is 28.6 Å². The summed E-state index contributed by atoms with van der Waals surface area (Å²) in [4.78, 5) is 0. The Morgan fingerprint density at radius 1 is 1.18 bits per heavy atom. The molecule has 0 radical (unpaired) electrons. The molecule has 1 rings (SSSR count). The van der Waals surface area contributed by atoms with Crippen LogP contribution in [0.4, 0.5) is 0 Å². The van der Waals surface area contributed by atoms with Gasteiger partial charge in [0.05, 0.1) is 13.2 Å². The highest BCUT2D eigenvalue weighted by molar-refractivity contribution is 9.13. The molecule has 10 heteroatoms. The molecule has 8 nitrogen and oxygen atoms in total. The molecule has 0 aromatic carbocycles.